The van der Waals surface area contributed by atoms with Crippen molar-refractivity contribution in [1.29, 1.82) is 0 Å². The van der Waals surface area contributed by atoms with Crippen molar-refractivity contribution < 1.29 is 22.7 Å². The smallest absolute Gasteiger partial charge is 0.307 e. The molecule has 2 aromatic carbocycles. The van der Waals surface area contributed by atoms with Crippen LogP contribution in [0.4, 0.5) is 13.2 Å². The fourth-order valence-electron chi connectivity index (χ4n) is 3.72. The summed E-state index contributed by atoms with van der Waals surface area (Å²) >= 11 is 0. The Hall–Kier alpha value is -2.34. The van der Waals surface area contributed by atoms with Gasteiger partial charge in [0.2, 0.25) is 0 Å². The Kier molecular flexibility index (Phi) is 5.79. The third kappa shape index (κ3) is 3.65. The second-order valence-corrected chi connectivity index (χ2v) is 7.26. The predicted molar refractivity (Wildman–Crippen MR) is 101 cm³/mol. The Bertz CT molecular complexity index is 923. The van der Waals surface area contributed by atoms with Gasteiger partial charge in [0, 0.05) is 17.2 Å². The van der Waals surface area contributed by atoms with Crippen LogP contribution in [0.25, 0.3) is 11.1 Å². The predicted octanol–water partition coefficient (Wildman–Crippen LogP) is 5.22. The average Bonchev–Trinajstić information content (AvgIpc) is 3.43. The number of hydrogen-bond donors (Lipinski definition) is 1. The standard InChI is InChI=1S/C22H24F3NO2/c1-4-28-17(27)10-16(26)20-21(24)18(13-8-9-13)12(3)19(22(20)25)14-6-5-7-15(23)11(14)2/h5-7,13,16H,4,8-10,26H2,1-3H3/t16-/m0/s1. The van der Waals surface area contributed by atoms with E-state index < -0.39 is 29.5 Å². The SMILES string of the molecule is CCOC(=O)C[C@H](N)c1c(F)c(-c2cccc(F)c2C)c(C)c(C2CC2)c1F. The number of benzene rings is 2. The molecular weight excluding hydrogens is 367 g/mol. The molecule has 1 saturated carbocycles. The molecule has 150 valence electrons. The molecule has 3 rings (SSSR count). The number of esters is 1. The summed E-state index contributed by atoms with van der Waals surface area (Å²) < 4.78 is 49.8. The van der Waals surface area contributed by atoms with Crippen molar-refractivity contribution >= 4 is 5.97 Å². The Balaban J connectivity index is 2.22. The number of hydrogen-bond acceptors (Lipinski definition) is 3. The molecule has 1 fully saturated rings. The van der Waals surface area contributed by atoms with Crippen molar-refractivity contribution in [3.8, 4) is 11.1 Å². The molecule has 3 nitrogen and oxygen atoms in total. The molecule has 0 spiro atoms. The monoisotopic (exact) mass is 391 g/mol. The first-order chi connectivity index (χ1) is 13.3. The Labute approximate surface area is 162 Å². The normalized spacial score (nSPS) is 14.8. The molecule has 0 aliphatic heterocycles. The van der Waals surface area contributed by atoms with Crippen LogP contribution >= 0.6 is 0 Å². The maximum atomic E-state index is 15.5. The lowest BCUT2D eigenvalue weighted by Gasteiger charge is -2.22. The molecule has 0 unspecified atom stereocenters. The molecule has 1 aliphatic rings. The van der Waals surface area contributed by atoms with Crippen LogP contribution in [0.15, 0.2) is 18.2 Å². The summed E-state index contributed by atoms with van der Waals surface area (Å²) in [4.78, 5) is 11.8. The van der Waals surface area contributed by atoms with Gasteiger partial charge in [-0.25, -0.2) is 13.2 Å². The minimum Gasteiger partial charge on any atom is -0.466 e. The van der Waals surface area contributed by atoms with Crippen LogP contribution in [0.3, 0.4) is 0 Å². The second kappa shape index (κ2) is 7.95. The second-order valence-electron chi connectivity index (χ2n) is 7.26. The fourth-order valence-corrected chi connectivity index (χ4v) is 3.72. The highest BCUT2D eigenvalue weighted by Gasteiger charge is 2.35. The Morgan fingerprint density at radius 3 is 2.46 bits per heavy atom. The maximum absolute atomic E-state index is 15.5. The molecule has 0 radical (unpaired) electrons. The molecule has 6 heteroatoms. The third-order valence-electron chi connectivity index (χ3n) is 5.29. The first-order valence-corrected chi connectivity index (χ1v) is 9.45. The summed E-state index contributed by atoms with van der Waals surface area (Å²) in [7, 11) is 0. The summed E-state index contributed by atoms with van der Waals surface area (Å²) in [6.07, 6.45) is 1.27. The molecule has 1 aliphatic carbocycles. The van der Waals surface area contributed by atoms with Crippen LogP contribution in [-0.4, -0.2) is 12.6 Å². The first-order valence-electron chi connectivity index (χ1n) is 9.45. The molecule has 0 bridgehead atoms. The Morgan fingerprint density at radius 2 is 1.86 bits per heavy atom. The summed E-state index contributed by atoms with van der Waals surface area (Å²) in [5.74, 6) is -2.64. The number of rotatable bonds is 6. The quantitative estimate of drug-likeness (QED) is 0.687. The lowest BCUT2D eigenvalue weighted by molar-refractivity contribution is -0.143. The zero-order valence-electron chi connectivity index (χ0n) is 16.2. The number of nitrogens with two attached hydrogens (primary N) is 1. The highest BCUT2D eigenvalue weighted by molar-refractivity contribution is 5.75. The van der Waals surface area contributed by atoms with Gasteiger partial charge in [0.05, 0.1) is 13.0 Å². The largest absolute Gasteiger partial charge is 0.466 e. The van der Waals surface area contributed by atoms with Crippen molar-refractivity contribution in [2.45, 2.75) is 52.0 Å². The van der Waals surface area contributed by atoms with Gasteiger partial charge in [-0.1, -0.05) is 12.1 Å². The molecule has 28 heavy (non-hydrogen) atoms. The van der Waals surface area contributed by atoms with Gasteiger partial charge in [0.25, 0.3) is 0 Å². The van der Waals surface area contributed by atoms with Gasteiger partial charge >= 0.3 is 5.97 Å². The topological polar surface area (TPSA) is 52.3 Å². The molecular formula is C22H24F3NO2. The first kappa shape index (κ1) is 20.4. The summed E-state index contributed by atoms with van der Waals surface area (Å²) in [6.45, 7) is 5.01. The van der Waals surface area contributed by atoms with Crippen molar-refractivity contribution in [2.75, 3.05) is 6.61 Å². The minimum atomic E-state index is -1.19. The minimum absolute atomic E-state index is 0.0123. The molecule has 0 amide bonds. The maximum Gasteiger partial charge on any atom is 0.307 e. The van der Waals surface area contributed by atoms with Crippen LogP contribution in [0, 0.1) is 31.3 Å². The molecule has 1 atom stereocenters. The van der Waals surface area contributed by atoms with Crippen molar-refractivity contribution in [2.24, 2.45) is 5.73 Å². The summed E-state index contributed by atoms with van der Waals surface area (Å²) in [6, 6.07) is 3.21. The van der Waals surface area contributed by atoms with E-state index in [0.717, 1.165) is 12.8 Å². The van der Waals surface area contributed by atoms with E-state index in [2.05, 4.69) is 0 Å². The molecule has 0 aromatic heterocycles. The van der Waals surface area contributed by atoms with Gasteiger partial charge in [0.1, 0.15) is 17.5 Å². The van der Waals surface area contributed by atoms with E-state index in [0.29, 0.717) is 16.7 Å². The van der Waals surface area contributed by atoms with Gasteiger partial charge in [-0.05, 0) is 67.9 Å². The van der Waals surface area contributed by atoms with E-state index in [1.54, 1.807) is 26.8 Å². The third-order valence-corrected chi connectivity index (χ3v) is 5.29. The summed E-state index contributed by atoms with van der Waals surface area (Å²) in [5.41, 5.74) is 7.35. The van der Waals surface area contributed by atoms with E-state index in [9.17, 15) is 9.18 Å². The van der Waals surface area contributed by atoms with Gasteiger partial charge in [-0.3, -0.25) is 4.79 Å². The lowest BCUT2D eigenvalue weighted by Crippen LogP contribution is -2.21. The van der Waals surface area contributed by atoms with Crippen molar-refractivity contribution in [3.63, 3.8) is 0 Å². The molecule has 0 saturated heterocycles. The van der Waals surface area contributed by atoms with Gasteiger partial charge in [0.15, 0.2) is 0 Å². The lowest BCUT2D eigenvalue weighted by atomic mass is 9.86. The Morgan fingerprint density at radius 1 is 1.18 bits per heavy atom. The highest BCUT2D eigenvalue weighted by atomic mass is 19.1. The van der Waals surface area contributed by atoms with E-state index >= 15 is 8.78 Å². The number of ether oxygens (including phenoxy) is 1. The van der Waals surface area contributed by atoms with Gasteiger partial charge in [-0.2, -0.15) is 0 Å². The molecule has 0 heterocycles. The number of carbonyl (C=O) groups is 1. The van der Waals surface area contributed by atoms with Crippen LogP contribution in [0.1, 0.15) is 60.4 Å². The van der Waals surface area contributed by atoms with E-state index in [1.165, 1.54) is 12.1 Å². The molecule has 2 aromatic rings. The average molecular weight is 391 g/mol. The van der Waals surface area contributed by atoms with Crippen molar-refractivity contribution in [1.82, 2.24) is 0 Å². The number of carbonyl (C=O) groups excluding carboxylic acids is 1. The van der Waals surface area contributed by atoms with Crippen LogP contribution < -0.4 is 5.73 Å². The van der Waals surface area contributed by atoms with Crippen LogP contribution in [0.2, 0.25) is 0 Å². The fraction of sp³-hybridized carbons (Fsp3) is 0.409. The van der Waals surface area contributed by atoms with Crippen LogP contribution in [0.5, 0.6) is 0 Å². The van der Waals surface area contributed by atoms with Gasteiger partial charge in [-0.15, -0.1) is 0 Å². The zero-order valence-corrected chi connectivity index (χ0v) is 16.2. The highest BCUT2D eigenvalue weighted by Crippen LogP contribution is 2.48. The number of halogens is 3. The van der Waals surface area contributed by atoms with Crippen molar-refractivity contribution in [3.05, 3.63) is 57.9 Å². The molecule has 2 N–H and O–H groups in total. The van der Waals surface area contributed by atoms with E-state index in [1.807, 2.05) is 0 Å². The summed E-state index contributed by atoms with van der Waals surface area (Å²) in [5, 5.41) is 0. The zero-order chi connectivity index (χ0) is 20.6. The van der Waals surface area contributed by atoms with E-state index in [-0.39, 0.29) is 35.6 Å². The van der Waals surface area contributed by atoms with E-state index in [4.69, 9.17) is 10.5 Å². The van der Waals surface area contributed by atoms with Gasteiger partial charge < -0.3 is 10.5 Å². The van der Waals surface area contributed by atoms with Crippen LogP contribution in [-0.2, 0) is 9.53 Å².